The van der Waals surface area contributed by atoms with Crippen molar-refractivity contribution in [2.75, 3.05) is 20.6 Å². The minimum absolute atomic E-state index is 0.171. The van der Waals surface area contributed by atoms with Crippen LogP contribution in [0.2, 0.25) is 0 Å². The first-order valence-corrected chi connectivity index (χ1v) is 3.72. The summed E-state index contributed by atoms with van der Waals surface area (Å²) in [7, 11) is 2.92. The maximum Gasteiger partial charge on any atom is 0.320 e. The van der Waals surface area contributed by atoms with E-state index in [0.717, 1.165) is 0 Å². The number of rotatable bonds is 7. The molecule has 0 fully saturated rings. The van der Waals surface area contributed by atoms with Crippen molar-refractivity contribution >= 4 is 5.97 Å². The van der Waals surface area contributed by atoms with Gasteiger partial charge in [-0.1, -0.05) is 6.37 Å². The Morgan fingerprint density at radius 1 is 1.58 bits per heavy atom. The Labute approximate surface area is 79.0 Å². The molecule has 0 amide bonds. The largest absolute Gasteiger partial charge is 0.480 e. The van der Waals surface area contributed by atoms with Crippen molar-refractivity contribution in [1.29, 1.82) is 0 Å². The van der Waals surface area contributed by atoms with E-state index >= 15 is 0 Å². The van der Waals surface area contributed by atoms with Crippen LogP contribution in [0.3, 0.4) is 0 Å². The summed E-state index contributed by atoms with van der Waals surface area (Å²) < 4.78 is 30.3. The maximum absolute atomic E-state index is 10.7. The fourth-order valence-electron chi connectivity index (χ4n) is 0.638. The molecule has 0 aromatic heterocycles. The summed E-state index contributed by atoms with van der Waals surface area (Å²) in [4.78, 5) is 10.7. The van der Waals surface area contributed by atoms with Crippen LogP contribution in [-0.4, -0.2) is 37.8 Å². The van der Waals surface area contributed by atoms with Crippen molar-refractivity contribution < 1.29 is 15.4 Å². The van der Waals surface area contributed by atoms with Crippen molar-refractivity contribution in [3.8, 4) is 0 Å². The van der Waals surface area contributed by atoms with Gasteiger partial charge >= 0.3 is 5.97 Å². The summed E-state index contributed by atoms with van der Waals surface area (Å²) in [6.45, 7) is -0.171. The van der Waals surface area contributed by atoms with Gasteiger partial charge in [0.05, 0.1) is 0 Å². The molecular formula is C8H18N2O2. The van der Waals surface area contributed by atoms with E-state index in [1.807, 2.05) is 0 Å². The average molecular weight is 178 g/mol. The summed E-state index contributed by atoms with van der Waals surface area (Å²) in [5.74, 6) is -1.19. The standard InChI is InChI=1S/C8H18N2O2/c1-9-6-4-3-5-7(10-2)8(11)12/h7,9-10H,3-6H2,1-2H3,(H,11,12)/t7-/m0/s1/i3D2,4D2. The summed E-state index contributed by atoms with van der Waals surface area (Å²) in [5.41, 5.74) is 0. The quantitative estimate of drug-likeness (QED) is 0.515. The molecule has 4 nitrogen and oxygen atoms in total. The van der Waals surface area contributed by atoms with E-state index in [1.165, 1.54) is 14.1 Å². The molecule has 4 heteroatoms. The highest BCUT2D eigenvalue weighted by atomic mass is 16.4. The minimum Gasteiger partial charge on any atom is -0.480 e. The molecule has 0 aliphatic heterocycles. The van der Waals surface area contributed by atoms with E-state index in [4.69, 9.17) is 10.6 Å². The Balaban J connectivity index is 4.71. The summed E-state index contributed by atoms with van der Waals surface area (Å²) in [5, 5.41) is 13.8. The summed E-state index contributed by atoms with van der Waals surface area (Å²) in [6, 6.07) is -1.10. The van der Waals surface area contributed by atoms with Gasteiger partial charge in [-0.2, -0.15) is 0 Å². The van der Waals surface area contributed by atoms with Crippen LogP contribution in [-0.2, 0) is 4.79 Å². The zero-order valence-corrected chi connectivity index (χ0v) is 7.35. The van der Waals surface area contributed by atoms with Gasteiger partial charge in [-0.25, -0.2) is 0 Å². The lowest BCUT2D eigenvalue weighted by Crippen LogP contribution is -2.33. The maximum atomic E-state index is 10.7. The van der Waals surface area contributed by atoms with E-state index < -0.39 is 31.2 Å². The molecule has 0 saturated heterocycles. The molecule has 72 valence electrons. The Hall–Kier alpha value is -0.610. The van der Waals surface area contributed by atoms with Crippen molar-refractivity contribution in [3.05, 3.63) is 0 Å². The Bertz CT molecular complexity index is 248. The number of aliphatic carboxylic acids is 1. The van der Waals surface area contributed by atoms with E-state index in [1.54, 1.807) is 0 Å². The molecule has 0 aliphatic rings. The molecule has 3 N–H and O–H groups in total. The zero-order chi connectivity index (χ0) is 13.0. The fourth-order valence-corrected chi connectivity index (χ4v) is 0.638. The predicted octanol–water partition coefficient (Wildman–Crippen LogP) is 0.0487. The highest BCUT2D eigenvalue weighted by molar-refractivity contribution is 5.73. The van der Waals surface area contributed by atoms with Gasteiger partial charge in [0.15, 0.2) is 0 Å². The van der Waals surface area contributed by atoms with Crippen LogP contribution in [0.25, 0.3) is 0 Å². The van der Waals surface area contributed by atoms with Crippen LogP contribution in [0, 0.1) is 0 Å². The number of likely N-dealkylation sites (N-methyl/N-ethyl adjacent to an activating group) is 1. The van der Waals surface area contributed by atoms with Crippen molar-refractivity contribution in [2.45, 2.75) is 25.2 Å². The average Bonchev–Trinajstić information content (AvgIpc) is 2.13. The Morgan fingerprint density at radius 3 is 2.67 bits per heavy atom. The second-order valence-electron chi connectivity index (χ2n) is 2.27. The highest BCUT2D eigenvalue weighted by Gasteiger charge is 2.12. The van der Waals surface area contributed by atoms with E-state index in [0.29, 0.717) is 0 Å². The zero-order valence-electron chi connectivity index (χ0n) is 11.3. The lowest BCUT2D eigenvalue weighted by molar-refractivity contribution is -0.139. The van der Waals surface area contributed by atoms with Gasteiger partial charge in [-0.15, -0.1) is 0 Å². The molecule has 0 heterocycles. The molecule has 0 radical (unpaired) electrons. The molecule has 0 bridgehead atoms. The molecule has 0 saturated carbocycles. The lowest BCUT2D eigenvalue weighted by Gasteiger charge is -2.09. The first-order valence-electron chi connectivity index (χ1n) is 5.72. The smallest absolute Gasteiger partial charge is 0.320 e. The molecule has 0 aliphatic carbocycles. The van der Waals surface area contributed by atoms with Crippen LogP contribution in [0.4, 0.5) is 0 Å². The SMILES string of the molecule is [2H]C([2H])(CNC)C([2H])([2H])C[C@H](NC)C(=O)O. The number of nitrogens with one attached hydrogen (secondary N) is 2. The van der Waals surface area contributed by atoms with Crippen LogP contribution in [0.5, 0.6) is 0 Å². The molecule has 0 aromatic rings. The lowest BCUT2D eigenvalue weighted by atomic mass is 10.1. The summed E-state index contributed by atoms with van der Waals surface area (Å²) in [6.07, 6.45) is -4.76. The molecule has 1 atom stereocenters. The van der Waals surface area contributed by atoms with Gasteiger partial charge in [0.1, 0.15) is 6.04 Å². The number of hydrogen-bond acceptors (Lipinski definition) is 3. The van der Waals surface area contributed by atoms with E-state index in [2.05, 4.69) is 10.6 Å². The predicted molar refractivity (Wildman–Crippen MR) is 48.3 cm³/mol. The second kappa shape index (κ2) is 7.06. The van der Waals surface area contributed by atoms with Crippen molar-refractivity contribution in [1.82, 2.24) is 10.6 Å². The first kappa shape index (κ1) is 5.94. The number of hydrogen-bond donors (Lipinski definition) is 3. The first-order chi connectivity index (χ1) is 7.18. The minimum atomic E-state index is -2.22. The van der Waals surface area contributed by atoms with Crippen LogP contribution in [0.1, 0.15) is 24.6 Å². The van der Waals surface area contributed by atoms with E-state index in [9.17, 15) is 4.79 Å². The molecular weight excluding hydrogens is 156 g/mol. The third-order valence-corrected chi connectivity index (χ3v) is 1.34. The topological polar surface area (TPSA) is 61.4 Å². The van der Waals surface area contributed by atoms with Crippen LogP contribution >= 0.6 is 0 Å². The van der Waals surface area contributed by atoms with Crippen molar-refractivity contribution in [2.24, 2.45) is 0 Å². The summed E-state index contributed by atoms with van der Waals surface area (Å²) >= 11 is 0. The normalized spacial score (nSPS) is 20.2. The van der Waals surface area contributed by atoms with Crippen molar-refractivity contribution in [3.63, 3.8) is 0 Å². The fraction of sp³-hybridized carbons (Fsp3) is 0.875. The number of carboxylic acid groups (broad SMARTS) is 1. The number of carbonyl (C=O) groups is 1. The van der Waals surface area contributed by atoms with Gasteiger partial charge in [0.25, 0.3) is 0 Å². The van der Waals surface area contributed by atoms with Gasteiger partial charge in [-0.3, -0.25) is 4.79 Å². The van der Waals surface area contributed by atoms with E-state index in [-0.39, 0.29) is 6.54 Å². The molecule has 0 unspecified atom stereocenters. The van der Waals surface area contributed by atoms with Crippen LogP contribution < -0.4 is 10.6 Å². The molecule has 0 rings (SSSR count). The third kappa shape index (κ3) is 5.09. The molecule has 0 aromatic carbocycles. The van der Waals surface area contributed by atoms with Crippen LogP contribution in [0.15, 0.2) is 0 Å². The van der Waals surface area contributed by atoms with Gasteiger partial charge in [0, 0.05) is 5.48 Å². The van der Waals surface area contributed by atoms with Gasteiger partial charge < -0.3 is 15.7 Å². The van der Waals surface area contributed by atoms with Gasteiger partial charge in [-0.05, 0) is 33.4 Å². The second-order valence-corrected chi connectivity index (χ2v) is 2.27. The Kier molecular flexibility index (Phi) is 3.49. The Morgan fingerprint density at radius 2 is 2.25 bits per heavy atom. The monoisotopic (exact) mass is 178 g/mol. The molecule has 12 heavy (non-hydrogen) atoms. The third-order valence-electron chi connectivity index (χ3n) is 1.34. The molecule has 0 spiro atoms. The number of carboxylic acids is 1. The highest BCUT2D eigenvalue weighted by Crippen LogP contribution is 1.99. The van der Waals surface area contributed by atoms with Gasteiger partial charge in [0.2, 0.25) is 0 Å².